The third-order valence-corrected chi connectivity index (χ3v) is 5.50. The molecule has 0 aliphatic carbocycles. The fourth-order valence-electron chi connectivity index (χ4n) is 3.56. The van der Waals surface area contributed by atoms with Gasteiger partial charge in [0.2, 0.25) is 11.8 Å². The number of nitrogen functional groups attached to an aromatic ring is 2. The topological polar surface area (TPSA) is 225 Å². The zero-order valence-corrected chi connectivity index (χ0v) is 21.3. The zero-order chi connectivity index (χ0) is 29.3. The van der Waals surface area contributed by atoms with Crippen LogP contribution in [0, 0.1) is 0 Å². The van der Waals surface area contributed by atoms with E-state index in [-0.39, 0.29) is 48.1 Å². The molecule has 1 aliphatic heterocycles. The van der Waals surface area contributed by atoms with Crippen LogP contribution in [0.5, 0.6) is 5.75 Å². The number of aldehydes is 1. The van der Waals surface area contributed by atoms with Crippen molar-refractivity contribution >= 4 is 58.6 Å². The van der Waals surface area contributed by atoms with Crippen molar-refractivity contribution in [2.24, 2.45) is 0 Å². The van der Waals surface area contributed by atoms with Crippen LogP contribution in [0.15, 0.2) is 36.4 Å². The van der Waals surface area contributed by atoms with E-state index in [9.17, 15) is 33.9 Å². The highest BCUT2D eigenvalue weighted by molar-refractivity contribution is 6.10. The fourth-order valence-corrected chi connectivity index (χ4v) is 3.56. The van der Waals surface area contributed by atoms with Crippen molar-refractivity contribution in [1.82, 2.24) is 10.6 Å². The molecule has 0 saturated heterocycles. The first-order chi connectivity index (χ1) is 18.4. The molecule has 14 nitrogen and oxygen atoms in total. The van der Waals surface area contributed by atoms with Crippen LogP contribution in [-0.4, -0.2) is 71.8 Å². The van der Waals surface area contributed by atoms with Crippen molar-refractivity contribution in [1.29, 1.82) is 0 Å². The SMILES string of the molecule is CC(=O)N1CC(NC(=O)c2cc(N)c(O)c(N)c2)C(=O)N(CC(=O)NCC=O)c2ccccc21.CCC(=O)O. The molecule has 2 aromatic carbocycles. The van der Waals surface area contributed by atoms with Crippen molar-refractivity contribution in [2.75, 3.05) is 40.9 Å². The molecule has 4 amide bonds. The van der Waals surface area contributed by atoms with E-state index in [1.165, 1.54) is 24.0 Å². The van der Waals surface area contributed by atoms with Crippen LogP contribution in [0.25, 0.3) is 0 Å². The maximum absolute atomic E-state index is 13.5. The van der Waals surface area contributed by atoms with Crippen LogP contribution in [0.1, 0.15) is 30.6 Å². The molecule has 3 rings (SSSR count). The van der Waals surface area contributed by atoms with Crippen molar-refractivity contribution in [2.45, 2.75) is 26.3 Å². The summed E-state index contributed by atoms with van der Waals surface area (Å²) in [6.45, 7) is 2.04. The number of carbonyl (C=O) groups excluding carboxylic acids is 5. The molecule has 0 saturated carbocycles. The van der Waals surface area contributed by atoms with Gasteiger partial charge in [0.15, 0.2) is 5.75 Å². The number of aromatic hydroxyl groups is 1. The van der Waals surface area contributed by atoms with Gasteiger partial charge in [0, 0.05) is 18.9 Å². The summed E-state index contributed by atoms with van der Waals surface area (Å²) in [5.74, 6) is -3.47. The summed E-state index contributed by atoms with van der Waals surface area (Å²) in [5, 5.41) is 22.4. The van der Waals surface area contributed by atoms with E-state index in [0.717, 1.165) is 4.90 Å². The number of aliphatic carboxylic acids is 1. The molecule has 1 atom stereocenters. The Hall–Kier alpha value is -5.14. The van der Waals surface area contributed by atoms with Gasteiger partial charge in [-0.2, -0.15) is 0 Å². The van der Waals surface area contributed by atoms with Gasteiger partial charge in [0.25, 0.3) is 11.8 Å². The maximum atomic E-state index is 13.5. The highest BCUT2D eigenvalue weighted by atomic mass is 16.4. The largest absolute Gasteiger partial charge is 0.504 e. The number of nitrogens with two attached hydrogens (primary N) is 2. The van der Waals surface area contributed by atoms with Crippen LogP contribution in [-0.2, 0) is 24.0 Å². The average molecular weight is 543 g/mol. The number of nitrogens with one attached hydrogen (secondary N) is 2. The number of amides is 4. The normalized spacial score (nSPS) is 14.2. The number of phenolic OH excluding ortho intramolecular Hbond substituents is 1. The van der Waals surface area contributed by atoms with Crippen molar-refractivity contribution in [3.63, 3.8) is 0 Å². The number of carboxylic acids is 1. The summed E-state index contributed by atoms with van der Waals surface area (Å²) < 4.78 is 0. The molecule has 1 heterocycles. The van der Waals surface area contributed by atoms with Crippen LogP contribution >= 0.6 is 0 Å². The molecule has 14 heteroatoms. The number of fused-ring (bicyclic) bond motifs is 1. The number of phenols is 1. The third-order valence-electron chi connectivity index (χ3n) is 5.50. The number of para-hydroxylation sites is 2. The lowest BCUT2D eigenvalue weighted by Gasteiger charge is -2.25. The second-order valence-electron chi connectivity index (χ2n) is 8.29. The quantitative estimate of drug-likeness (QED) is 0.154. The minimum absolute atomic E-state index is 0.00740. The summed E-state index contributed by atoms with van der Waals surface area (Å²) in [5.41, 5.74) is 11.8. The number of carbonyl (C=O) groups is 6. The summed E-state index contributed by atoms with van der Waals surface area (Å²) >= 11 is 0. The van der Waals surface area contributed by atoms with Gasteiger partial charge in [-0.3, -0.25) is 28.9 Å². The number of anilines is 4. The van der Waals surface area contributed by atoms with Gasteiger partial charge in [0.1, 0.15) is 18.9 Å². The van der Waals surface area contributed by atoms with Gasteiger partial charge >= 0.3 is 5.97 Å². The minimum Gasteiger partial charge on any atom is -0.504 e. The Balaban J connectivity index is 0.000000976. The second-order valence-corrected chi connectivity index (χ2v) is 8.29. The maximum Gasteiger partial charge on any atom is 0.303 e. The highest BCUT2D eigenvalue weighted by Crippen LogP contribution is 2.33. The summed E-state index contributed by atoms with van der Waals surface area (Å²) in [6, 6.07) is 7.66. The molecule has 2 aromatic rings. The lowest BCUT2D eigenvalue weighted by Crippen LogP contribution is -2.54. The van der Waals surface area contributed by atoms with Gasteiger partial charge in [0.05, 0.1) is 35.8 Å². The van der Waals surface area contributed by atoms with E-state index in [1.54, 1.807) is 31.2 Å². The Morgan fingerprint density at radius 3 is 2.18 bits per heavy atom. The van der Waals surface area contributed by atoms with Crippen molar-refractivity contribution in [3.8, 4) is 5.75 Å². The van der Waals surface area contributed by atoms with E-state index >= 15 is 0 Å². The predicted molar refractivity (Wildman–Crippen MR) is 142 cm³/mol. The molecule has 0 bridgehead atoms. The second kappa shape index (κ2) is 13.4. The summed E-state index contributed by atoms with van der Waals surface area (Å²) in [4.78, 5) is 73.6. The van der Waals surface area contributed by atoms with Gasteiger partial charge < -0.3 is 42.0 Å². The first-order valence-corrected chi connectivity index (χ1v) is 11.7. The van der Waals surface area contributed by atoms with E-state index < -0.39 is 36.3 Å². The Morgan fingerprint density at radius 2 is 1.67 bits per heavy atom. The first-order valence-electron chi connectivity index (χ1n) is 11.7. The van der Waals surface area contributed by atoms with Crippen LogP contribution in [0.2, 0.25) is 0 Å². The highest BCUT2D eigenvalue weighted by Gasteiger charge is 2.37. The van der Waals surface area contributed by atoms with E-state index in [2.05, 4.69) is 10.6 Å². The van der Waals surface area contributed by atoms with E-state index in [0.29, 0.717) is 17.7 Å². The fraction of sp³-hybridized carbons (Fsp3) is 0.280. The molecule has 0 fully saturated rings. The molecule has 39 heavy (non-hydrogen) atoms. The van der Waals surface area contributed by atoms with Crippen LogP contribution in [0.4, 0.5) is 22.7 Å². The molecular formula is C25H30N6O8. The van der Waals surface area contributed by atoms with Gasteiger partial charge in [-0.25, -0.2) is 0 Å². The average Bonchev–Trinajstić information content (AvgIpc) is 3.01. The van der Waals surface area contributed by atoms with Crippen molar-refractivity contribution < 1.29 is 39.0 Å². The lowest BCUT2D eigenvalue weighted by atomic mass is 10.1. The molecule has 208 valence electrons. The molecule has 0 radical (unpaired) electrons. The first kappa shape index (κ1) is 30.1. The number of hydrogen-bond donors (Lipinski definition) is 6. The Labute approximate surface area is 223 Å². The van der Waals surface area contributed by atoms with Gasteiger partial charge in [-0.1, -0.05) is 19.1 Å². The lowest BCUT2D eigenvalue weighted by molar-refractivity contribution is -0.136. The van der Waals surface area contributed by atoms with Gasteiger partial charge in [-0.05, 0) is 24.3 Å². The zero-order valence-electron chi connectivity index (χ0n) is 21.3. The molecule has 0 aromatic heterocycles. The molecule has 1 aliphatic rings. The number of rotatable bonds is 7. The smallest absolute Gasteiger partial charge is 0.303 e. The molecule has 1 unspecified atom stereocenters. The standard InChI is InChI=1S/C22H24N6O6.C3H6O2/c1-12(30)27-10-16(26-21(33)13-8-14(23)20(32)15(24)9-13)22(34)28(11-19(31)25-6-7-29)18-5-3-2-4-17(18)27;1-2-3(4)5/h2-5,7-9,16,32H,6,10-11,23-24H2,1H3,(H,25,31)(H,26,33);2H2,1H3,(H,4,5). The number of hydrogen-bond acceptors (Lipinski definition) is 9. The summed E-state index contributed by atoms with van der Waals surface area (Å²) in [7, 11) is 0. The number of carboxylic acid groups (broad SMARTS) is 1. The molecule has 8 N–H and O–H groups in total. The van der Waals surface area contributed by atoms with E-state index in [1.807, 2.05) is 0 Å². The predicted octanol–water partition coefficient (Wildman–Crippen LogP) is -0.149. The van der Waals surface area contributed by atoms with Crippen LogP contribution in [0.3, 0.4) is 0 Å². The molecule has 0 spiro atoms. The minimum atomic E-state index is -1.24. The number of nitrogens with zero attached hydrogens (tertiary/aromatic N) is 2. The summed E-state index contributed by atoms with van der Waals surface area (Å²) in [6.07, 6.45) is 0.728. The Morgan fingerprint density at radius 1 is 1.10 bits per heavy atom. The van der Waals surface area contributed by atoms with Gasteiger partial charge in [-0.15, -0.1) is 0 Å². The monoisotopic (exact) mass is 542 g/mol. The molecular weight excluding hydrogens is 512 g/mol. The number of benzene rings is 2. The van der Waals surface area contributed by atoms with Crippen LogP contribution < -0.4 is 31.9 Å². The third kappa shape index (κ3) is 7.67. The Bertz CT molecular complexity index is 1260. The van der Waals surface area contributed by atoms with E-state index in [4.69, 9.17) is 16.6 Å². The van der Waals surface area contributed by atoms with Crippen molar-refractivity contribution in [3.05, 3.63) is 42.0 Å². The Kier molecular flexibility index (Phi) is 10.4.